The number of carbonyl (C=O) groups excluding carboxylic acids is 2. The maximum Gasteiger partial charge on any atom is 0.290 e. The van der Waals surface area contributed by atoms with Gasteiger partial charge in [0.05, 0.1) is 37.5 Å². The van der Waals surface area contributed by atoms with E-state index in [-0.39, 0.29) is 47.5 Å². The Bertz CT molecular complexity index is 1060. The van der Waals surface area contributed by atoms with Gasteiger partial charge in [0.1, 0.15) is 11.9 Å². The molecule has 0 spiro atoms. The van der Waals surface area contributed by atoms with Crippen LogP contribution in [0.2, 0.25) is 0 Å². The molecule has 1 aromatic heterocycles. The number of hydrogen-bond acceptors (Lipinski definition) is 6. The van der Waals surface area contributed by atoms with E-state index in [1.165, 1.54) is 13.2 Å². The standard InChI is InChI=1S/C24H25NO6/c1-13-5-8-18-16(10-13)22(27)20-21(14-6-7-17(26)19(11-14)29-2)25(24(28)23(20)31-18)12-15-4-3-9-30-15/h3-4,6-7,9,11,13,16,18,21,26H,5,8,10,12H2,1-2H3. The zero-order valence-corrected chi connectivity index (χ0v) is 17.5. The summed E-state index contributed by atoms with van der Waals surface area (Å²) in [6.45, 7) is 2.35. The van der Waals surface area contributed by atoms with Gasteiger partial charge in [-0.05, 0) is 55.0 Å². The first-order chi connectivity index (χ1) is 15.0. The molecule has 1 saturated carbocycles. The molecule has 5 rings (SSSR count). The summed E-state index contributed by atoms with van der Waals surface area (Å²) in [5, 5.41) is 10.0. The molecule has 7 heteroatoms. The monoisotopic (exact) mass is 423 g/mol. The van der Waals surface area contributed by atoms with Crippen LogP contribution < -0.4 is 4.74 Å². The number of amides is 1. The molecule has 0 bridgehead atoms. The van der Waals surface area contributed by atoms with Crippen LogP contribution in [0.15, 0.2) is 52.3 Å². The normalized spacial score (nSPS) is 27.7. The lowest BCUT2D eigenvalue weighted by Gasteiger charge is -2.37. The van der Waals surface area contributed by atoms with Gasteiger partial charge in [-0.25, -0.2) is 0 Å². The fourth-order valence-corrected chi connectivity index (χ4v) is 5.07. The van der Waals surface area contributed by atoms with E-state index in [1.54, 1.807) is 35.4 Å². The van der Waals surface area contributed by atoms with Crippen molar-refractivity contribution in [2.45, 2.75) is 44.9 Å². The average Bonchev–Trinajstić information content (AvgIpc) is 3.37. The molecule has 1 aromatic carbocycles. The Morgan fingerprint density at radius 1 is 1.23 bits per heavy atom. The number of nitrogens with zero attached hydrogens (tertiary/aromatic N) is 1. The van der Waals surface area contributed by atoms with Crippen LogP contribution in [0.3, 0.4) is 0 Å². The van der Waals surface area contributed by atoms with E-state index in [0.29, 0.717) is 22.8 Å². The number of phenolic OH excluding ortho intramolecular Hbond substituents is 1. The molecule has 2 aliphatic heterocycles. The first-order valence-electron chi connectivity index (χ1n) is 10.6. The van der Waals surface area contributed by atoms with E-state index in [9.17, 15) is 14.7 Å². The summed E-state index contributed by atoms with van der Waals surface area (Å²) in [4.78, 5) is 28.7. The van der Waals surface area contributed by atoms with E-state index in [4.69, 9.17) is 13.9 Å². The van der Waals surface area contributed by atoms with Gasteiger partial charge in [0.2, 0.25) is 0 Å². The Labute approximate surface area is 180 Å². The van der Waals surface area contributed by atoms with Gasteiger partial charge < -0.3 is 23.9 Å². The fourth-order valence-electron chi connectivity index (χ4n) is 5.07. The summed E-state index contributed by atoms with van der Waals surface area (Å²) >= 11 is 0. The first-order valence-corrected chi connectivity index (χ1v) is 10.6. The van der Waals surface area contributed by atoms with Crippen LogP contribution in [0.5, 0.6) is 11.5 Å². The third-order valence-electron chi connectivity index (χ3n) is 6.63. The number of fused-ring (bicyclic) bond motifs is 1. The molecule has 3 aliphatic rings. The Hall–Kier alpha value is -3.22. The van der Waals surface area contributed by atoms with Gasteiger partial charge in [0.25, 0.3) is 5.91 Å². The summed E-state index contributed by atoms with van der Waals surface area (Å²) in [6.07, 6.45) is 3.83. The molecule has 0 radical (unpaired) electrons. The molecular weight excluding hydrogens is 398 g/mol. The van der Waals surface area contributed by atoms with Crippen molar-refractivity contribution in [3.05, 3.63) is 59.3 Å². The number of rotatable bonds is 4. The number of aromatic hydroxyl groups is 1. The molecule has 1 N–H and O–H groups in total. The van der Waals surface area contributed by atoms with Gasteiger partial charge in [0.15, 0.2) is 23.0 Å². The van der Waals surface area contributed by atoms with Gasteiger partial charge in [-0.15, -0.1) is 0 Å². The number of hydrogen-bond donors (Lipinski definition) is 1. The van der Waals surface area contributed by atoms with Gasteiger partial charge in [-0.1, -0.05) is 13.0 Å². The van der Waals surface area contributed by atoms with Crippen molar-refractivity contribution in [3.8, 4) is 11.5 Å². The predicted molar refractivity (Wildman–Crippen MR) is 110 cm³/mol. The Morgan fingerprint density at radius 3 is 2.81 bits per heavy atom. The Morgan fingerprint density at radius 2 is 2.06 bits per heavy atom. The van der Waals surface area contributed by atoms with Crippen LogP contribution in [0.4, 0.5) is 0 Å². The Balaban J connectivity index is 1.60. The van der Waals surface area contributed by atoms with Crippen LogP contribution in [-0.4, -0.2) is 34.9 Å². The maximum atomic E-state index is 13.7. The van der Waals surface area contributed by atoms with Crippen molar-refractivity contribution in [2.75, 3.05) is 7.11 Å². The molecule has 1 fully saturated rings. The van der Waals surface area contributed by atoms with Crippen LogP contribution in [0, 0.1) is 11.8 Å². The number of phenols is 1. The molecule has 3 heterocycles. The smallest absolute Gasteiger partial charge is 0.290 e. The molecular formula is C24H25NO6. The molecule has 7 nitrogen and oxygen atoms in total. The summed E-state index contributed by atoms with van der Waals surface area (Å²) in [5.74, 6) is 0.936. The van der Waals surface area contributed by atoms with E-state index in [2.05, 4.69) is 6.92 Å². The molecule has 31 heavy (non-hydrogen) atoms. The second kappa shape index (κ2) is 7.48. The van der Waals surface area contributed by atoms with Crippen molar-refractivity contribution in [3.63, 3.8) is 0 Å². The number of benzene rings is 1. The third-order valence-corrected chi connectivity index (χ3v) is 6.63. The number of ketones is 1. The molecule has 0 saturated heterocycles. The molecule has 4 unspecified atom stereocenters. The van der Waals surface area contributed by atoms with Crippen molar-refractivity contribution in [1.29, 1.82) is 0 Å². The molecule has 162 valence electrons. The second-order valence-electron chi connectivity index (χ2n) is 8.63. The van der Waals surface area contributed by atoms with Gasteiger partial charge in [-0.2, -0.15) is 0 Å². The molecule has 1 aliphatic carbocycles. The molecule has 2 aromatic rings. The van der Waals surface area contributed by atoms with Crippen molar-refractivity contribution in [1.82, 2.24) is 4.90 Å². The lowest BCUT2D eigenvalue weighted by atomic mass is 9.74. The number of methoxy groups -OCH3 is 1. The highest BCUT2D eigenvalue weighted by atomic mass is 16.5. The quantitative estimate of drug-likeness (QED) is 0.806. The largest absolute Gasteiger partial charge is 0.504 e. The van der Waals surface area contributed by atoms with Crippen molar-refractivity contribution >= 4 is 11.7 Å². The van der Waals surface area contributed by atoms with Crippen LogP contribution >= 0.6 is 0 Å². The number of ether oxygens (including phenoxy) is 2. The maximum absolute atomic E-state index is 13.7. The van der Waals surface area contributed by atoms with Gasteiger partial charge in [0, 0.05) is 0 Å². The zero-order chi connectivity index (χ0) is 21.7. The minimum atomic E-state index is -0.632. The third kappa shape index (κ3) is 3.19. The van der Waals surface area contributed by atoms with Gasteiger partial charge >= 0.3 is 0 Å². The number of furan rings is 1. The van der Waals surface area contributed by atoms with E-state index >= 15 is 0 Å². The summed E-state index contributed by atoms with van der Waals surface area (Å²) in [5.41, 5.74) is 1.08. The lowest BCUT2D eigenvalue weighted by molar-refractivity contribution is -0.136. The fraction of sp³-hybridized carbons (Fsp3) is 0.417. The molecule has 4 atom stereocenters. The topological polar surface area (TPSA) is 89.2 Å². The summed E-state index contributed by atoms with van der Waals surface area (Å²) in [7, 11) is 1.47. The summed E-state index contributed by atoms with van der Waals surface area (Å²) in [6, 6.07) is 7.82. The van der Waals surface area contributed by atoms with Gasteiger partial charge in [-0.3, -0.25) is 9.59 Å². The highest BCUT2D eigenvalue weighted by Gasteiger charge is 2.52. The minimum Gasteiger partial charge on any atom is -0.504 e. The second-order valence-corrected chi connectivity index (χ2v) is 8.63. The average molecular weight is 423 g/mol. The van der Waals surface area contributed by atoms with Crippen molar-refractivity contribution < 1.29 is 28.6 Å². The van der Waals surface area contributed by atoms with E-state index in [0.717, 1.165) is 19.3 Å². The SMILES string of the molecule is COc1cc(C2C3=C(OC4CCC(C)CC4C3=O)C(=O)N2Cc2ccco2)ccc1O. The number of Topliss-reactive ketones (excluding diaryl/α,β-unsaturated/α-hetero) is 1. The number of carbonyl (C=O) groups is 2. The highest BCUT2D eigenvalue weighted by molar-refractivity contribution is 6.11. The lowest BCUT2D eigenvalue weighted by Crippen LogP contribution is -2.41. The van der Waals surface area contributed by atoms with E-state index in [1.807, 2.05) is 0 Å². The van der Waals surface area contributed by atoms with Crippen molar-refractivity contribution in [2.24, 2.45) is 11.8 Å². The zero-order valence-electron chi connectivity index (χ0n) is 17.5. The predicted octanol–water partition coefficient (Wildman–Crippen LogP) is 3.74. The minimum absolute atomic E-state index is 0.00486. The summed E-state index contributed by atoms with van der Waals surface area (Å²) < 4.78 is 16.9. The van der Waals surface area contributed by atoms with Crippen LogP contribution in [-0.2, 0) is 20.9 Å². The van der Waals surface area contributed by atoms with Crippen LogP contribution in [0.25, 0.3) is 0 Å². The molecule has 1 amide bonds. The van der Waals surface area contributed by atoms with Crippen LogP contribution in [0.1, 0.15) is 43.6 Å². The van der Waals surface area contributed by atoms with E-state index < -0.39 is 6.04 Å². The highest BCUT2D eigenvalue weighted by Crippen LogP contribution is 2.48. The Kier molecular flexibility index (Phi) is 4.76. The first kappa shape index (κ1) is 19.7.